The minimum atomic E-state index is -0.166. The molecule has 3 heteroatoms. The molecule has 1 aliphatic heterocycles. The molecule has 116 valence electrons. The van der Waals surface area contributed by atoms with Crippen LogP contribution in [0.25, 0.3) is 0 Å². The van der Waals surface area contributed by atoms with Gasteiger partial charge in [-0.1, -0.05) is 37.1 Å². The SMILES string of the molecule is CC1=C(C)CC2C(=O)N(c3ccc(C(C)C)cc3)C(=O)C2C1. The van der Waals surface area contributed by atoms with Crippen LogP contribution in [0.2, 0.25) is 0 Å². The fraction of sp³-hybridized carbons (Fsp3) is 0.474. The Hall–Kier alpha value is -1.90. The molecule has 2 amide bonds. The third-order valence-electron chi connectivity index (χ3n) is 5.16. The molecule has 0 bridgehead atoms. The summed E-state index contributed by atoms with van der Waals surface area (Å²) >= 11 is 0. The molecule has 1 aromatic rings. The molecule has 3 rings (SSSR count). The Labute approximate surface area is 132 Å². The van der Waals surface area contributed by atoms with Gasteiger partial charge in [-0.15, -0.1) is 0 Å². The number of hydrogen-bond acceptors (Lipinski definition) is 2. The summed E-state index contributed by atoms with van der Waals surface area (Å²) in [4.78, 5) is 26.8. The van der Waals surface area contributed by atoms with Crippen molar-refractivity contribution in [3.63, 3.8) is 0 Å². The van der Waals surface area contributed by atoms with Crippen molar-refractivity contribution in [2.75, 3.05) is 4.90 Å². The zero-order valence-electron chi connectivity index (χ0n) is 13.7. The van der Waals surface area contributed by atoms with E-state index < -0.39 is 0 Å². The van der Waals surface area contributed by atoms with Crippen LogP contribution in [0.3, 0.4) is 0 Å². The third kappa shape index (κ3) is 2.29. The van der Waals surface area contributed by atoms with Gasteiger partial charge in [0.15, 0.2) is 0 Å². The summed E-state index contributed by atoms with van der Waals surface area (Å²) in [6.07, 6.45) is 1.45. The van der Waals surface area contributed by atoms with Crippen LogP contribution in [-0.2, 0) is 9.59 Å². The van der Waals surface area contributed by atoms with Crippen molar-refractivity contribution in [2.45, 2.75) is 46.5 Å². The van der Waals surface area contributed by atoms with E-state index in [4.69, 9.17) is 0 Å². The predicted octanol–water partition coefficient (Wildman–Crippen LogP) is 4.05. The quantitative estimate of drug-likeness (QED) is 0.610. The molecule has 2 aliphatic rings. The van der Waals surface area contributed by atoms with Crippen molar-refractivity contribution in [3.8, 4) is 0 Å². The lowest BCUT2D eigenvalue weighted by molar-refractivity contribution is -0.122. The molecule has 2 unspecified atom stereocenters. The van der Waals surface area contributed by atoms with Crippen LogP contribution >= 0.6 is 0 Å². The van der Waals surface area contributed by atoms with E-state index in [-0.39, 0.29) is 23.7 Å². The zero-order chi connectivity index (χ0) is 16.0. The largest absolute Gasteiger partial charge is 0.274 e. The Morgan fingerprint density at radius 3 is 1.77 bits per heavy atom. The number of carbonyl (C=O) groups is 2. The van der Waals surface area contributed by atoms with Crippen LogP contribution in [0.1, 0.15) is 52.0 Å². The van der Waals surface area contributed by atoms with E-state index >= 15 is 0 Å². The first-order valence-corrected chi connectivity index (χ1v) is 8.03. The van der Waals surface area contributed by atoms with E-state index in [0.717, 1.165) is 12.8 Å². The number of nitrogens with zero attached hydrogens (tertiary/aromatic N) is 1. The Balaban J connectivity index is 1.90. The average molecular weight is 297 g/mol. The van der Waals surface area contributed by atoms with Gasteiger partial charge in [0, 0.05) is 0 Å². The summed E-state index contributed by atoms with van der Waals surface area (Å²) in [5, 5.41) is 0. The summed E-state index contributed by atoms with van der Waals surface area (Å²) < 4.78 is 0. The van der Waals surface area contributed by atoms with Crippen molar-refractivity contribution < 1.29 is 9.59 Å². The van der Waals surface area contributed by atoms with Crippen LogP contribution in [0.4, 0.5) is 5.69 Å². The molecular formula is C19H23NO2. The van der Waals surface area contributed by atoms with Crippen molar-refractivity contribution >= 4 is 17.5 Å². The lowest BCUT2D eigenvalue weighted by atomic mass is 9.78. The highest BCUT2D eigenvalue weighted by Crippen LogP contribution is 2.42. The molecule has 1 aliphatic carbocycles. The second-order valence-corrected chi connectivity index (χ2v) is 6.94. The van der Waals surface area contributed by atoms with Gasteiger partial charge in [0.2, 0.25) is 11.8 Å². The second kappa shape index (κ2) is 5.38. The minimum Gasteiger partial charge on any atom is -0.274 e. The van der Waals surface area contributed by atoms with Crippen molar-refractivity contribution in [1.29, 1.82) is 0 Å². The van der Waals surface area contributed by atoms with Crippen LogP contribution in [0.5, 0.6) is 0 Å². The number of imide groups is 1. The van der Waals surface area contributed by atoms with Crippen LogP contribution in [0, 0.1) is 11.8 Å². The fourth-order valence-electron chi connectivity index (χ4n) is 3.51. The number of fused-ring (bicyclic) bond motifs is 1. The van der Waals surface area contributed by atoms with Gasteiger partial charge < -0.3 is 0 Å². The first-order chi connectivity index (χ1) is 10.4. The van der Waals surface area contributed by atoms with E-state index in [1.165, 1.54) is 21.6 Å². The molecule has 22 heavy (non-hydrogen) atoms. The Morgan fingerprint density at radius 1 is 0.909 bits per heavy atom. The van der Waals surface area contributed by atoms with Crippen LogP contribution < -0.4 is 4.90 Å². The maximum Gasteiger partial charge on any atom is 0.238 e. The smallest absolute Gasteiger partial charge is 0.238 e. The molecule has 3 nitrogen and oxygen atoms in total. The maximum atomic E-state index is 12.7. The molecule has 1 saturated heterocycles. The molecule has 1 fully saturated rings. The molecule has 0 radical (unpaired) electrons. The van der Waals surface area contributed by atoms with Crippen molar-refractivity contribution in [3.05, 3.63) is 41.0 Å². The average Bonchev–Trinajstić information content (AvgIpc) is 2.72. The molecule has 0 N–H and O–H groups in total. The molecule has 0 aromatic heterocycles. The third-order valence-corrected chi connectivity index (χ3v) is 5.16. The number of hydrogen-bond donors (Lipinski definition) is 0. The second-order valence-electron chi connectivity index (χ2n) is 6.94. The number of allylic oxidation sites excluding steroid dienone is 2. The predicted molar refractivity (Wildman–Crippen MR) is 87.6 cm³/mol. The Bertz CT molecular complexity index is 623. The van der Waals surface area contributed by atoms with Crippen LogP contribution in [-0.4, -0.2) is 11.8 Å². The maximum absolute atomic E-state index is 12.7. The lowest BCUT2D eigenvalue weighted by Gasteiger charge is -2.23. The standard InChI is InChI=1S/C19H23NO2/c1-11(2)14-5-7-15(8-6-14)20-18(21)16-9-12(3)13(4)10-17(16)19(20)22/h5-8,11,16-17H,9-10H2,1-4H3. The van der Waals surface area contributed by atoms with E-state index in [2.05, 4.69) is 27.7 Å². The number of rotatable bonds is 2. The van der Waals surface area contributed by atoms with Gasteiger partial charge in [-0.3, -0.25) is 14.5 Å². The monoisotopic (exact) mass is 297 g/mol. The van der Waals surface area contributed by atoms with Gasteiger partial charge in [-0.2, -0.15) is 0 Å². The summed E-state index contributed by atoms with van der Waals surface area (Å²) in [6.45, 7) is 8.41. The van der Waals surface area contributed by atoms with Gasteiger partial charge in [-0.25, -0.2) is 0 Å². The first kappa shape index (κ1) is 15.0. The number of amides is 2. The van der Waals surface area contributed by atoms with E-state index in [9.17, 15) is 9.59 Å². The van der Waals surface area contributed by atoms with E-state index in [1.807, 2.05) is 24.3 Å². The van der Waals surface area contributed by atoms with Gasteiger partial charge in [0.1, 0.15) is 0 Å². The van der Waals surface area contributed by atoms with E-state index in [1.54, 1.807) is 0 Å². The summed E-state index contributed by atoms with van der Waals surface area (Å²) in [7, 11) is 0. The Morgan fingerprint density at radius 2 is 1.36 bits per heavy atom. The number of benzene rings is 1. The van der Waals surface area contributed by atoms with Gasteiger partial charge in [0.05, 0.1) is 17.5 Å². The van der Waals surface area contributed by atoms with Crippen molar-refractivity contribution in [1.82, 2.24) is 0 Å². The summed E-state index contributed by atoms with van der Waals surface area (Å²) in [5.74, 6) is 0.0522. The highest BCUT2D eigenvalue weighted by atomic mass is 16.2. The molecular weight excluding hydrogens is 274 g/mol. The molecule has 1 aromatic carbocycles. The van der Waals surface area contributed by atoms with Crippen molar-refractivity contribution in [2.24, 2.45) is 11.8 Å². The normalized spacial score (nSPS) is 25.2. The molecule has 2 atom stereocenters. The van der Waals surface area contributed by atoms with E-state index in [0.29, 0.717) is 11.6 Å². The van der Waals surface area contributed by atoms with Gasteiger partial charge in [-0.05, 0) is 50.3 Å². The minimum absolute atomic E-state index is 0.0286. The summed E-state index contributed by atoms with van der Waals surface area (Å²) in [6, 6.07) is 7.82. The lowest BCUT2D eigenvalue weighted by Crippen LogP contribution is -2.30. The topological polar surface area (TPSA) is 37.4 Å². The summed E-state index contributed by atoms with van der Waals surface area (Å²) in [5.41, 5.74) is 4.46. The number of anilines is 1. The zero-order valence-corrected chi connectivity index (χ0v) is 13.7. The Kier molecular flexibility index (Phi) is 3.67. The molecule has 0 saturated carbocycles. The highest BCUT2D eigenvalue weighted by Gasteiger charge is 2.49. The highest BCUT2D eigenvalue weighted by molar-refractivity contribution is 6.22. The first-order valence-electron chi connectivity index (χ1n) is 8.03. The molecule has 1 heterocycles. The van der Waals surface area contributed by atoms with Gasteiger partial charge >= 0.3 is 0 Å². The van der Waals surface area contributed by atoms with Crippen LogP contribution in [0.15, 0.2) is 35.4 Å². The number of carbonyl (C=O) groups excluding carboxylic acids is 2. The molecule has 0 spiro atoms. The fourth-order valence-corrected chi connectivity index (χ4v) is 3.51. The van der Waals surface area contributed by atoms with Gasteiger partial charge in [0.25, 0.3) is 0 Å².